The van der Waals surface area contributed by atoms with Crippen LogP contribution in [0.25, 0.3) is 0 Å². The van der Waals surface area contributed by atoms with Crippen LogP contribution in [0, 0.1) is 13.8 Å². The standard InChI is InChI=1S/C24H22O6/c1-17-7-5-9-19(13-17)29-23(25)15-27-21-11-3-4-12-22(21)28-16-24(26)30-20-10-6-8-18(2)14-20/h3-14H,15-16H2,1-2H3. The third-order valence-electron chi connectivity index (χ3n) is 3.98. The van der Waals surface area contributed by atoms with Gasteiger partial charge in [0.05, 0.1) is 0 Å². The monoisotopic (exact) mass is 406 g/mol. The Balaban J connectivity index is 1.52. The summed E-state index contributed by atoms with van der Waals surface area (Å²) in [5, 5.41) is 0. The highest BCUT2D eigenvalue weighted by atomic mass is 16.6. The number of ether oxygens (including phenoxy) is 4. The summed E-state index contributed by atoms with van der Waals surface area (Å²) in [5.74, 6) is 0.451. The van der Waals surface area contributed by atoms with Crippen molar-refractivity contribution in [2.45, 2.75) is 13.8 Å². The Morgan fingerprint density at radius 1 is 0.633 bits per heavy atom. The number of aryl methyl sites for hydroxylation is 2. The lowest BCUT2D eigenvalue weighted by molar-refractivity contribution is -0.138. The smallest absolute Gasteiger partial charge is 0.349 e. The normalized spacial score (nSPS) is 10.2. The lowest BCUT2D eigenvalue weighted by atomic mass is 10.2. The molecule has 0 heterocycles. The molecule has 0 atom stereocenters. The largest absolute Gasteiger partial charge is 0.478 e. The zero-order valence-electron chi connectivity index (χ0n) is 16.8. The van der Waals surface area contributed by atoms with Gasteiger partial charge in [0.2, 0.25) is 0 Å². The Hall–Kier alpha value is -3.80. The van der Waals surface area contributed by atoms with E-state index in [0.717, 1.165) is 11.1 Å². The molecule has 154 valence electrons. The Kier molecular flexibility index (Phi) is 7.05. The average molecular weight is 406 g/mol. The first-order valence-electron chi connectivity index (χ1n) is 9.39. The summed E-state index contributed by atoms with van der Waals surface area (Å²) in [7, 11) is 0. The van der Waals surface area contributed by atoms with E-state index in [-0.39, 0.29) is 13.2 Å². The van der Waals surface area contributed by atoms with E-state index < -0.39 is 11.9 Å². The van der Waals surface area contributed by atoms with Crippen LogP contribution in [0.1, 0.15) is 11.1 Å². The molecule has 0 aliphatic carbocycles. The Morgan fingerprint density at radius 2 is 1.07 bits per heavy atom. The van der Waals surface area contributed by atoms with Crippen molar-refractivity contribution in [1.29, 1.82) is 0 Å². The van der Waals surface area contributed by atoms with E-state index in [1.54, 1.807) is 60.7 Å². The summed E-state index contributed by atoms with van der Waals surface area (Å²) in [6.07, 6.45) is 0. The van der Waals surface area contributed by atoms with E-state index in [1.165, 1.54) is 0 Å². The van der Waals surface area contributed by atoms with Crippen molar-refractivity contribution in [3.8, 4) is 23.0 Å². The third-order valence-corrected chi connectivity index (χ3v) is 3.98. The van der Waals surface area contributed by atoms with E-state index in [9.17, 15) is 9.59 Å². The molecule has 0 N–H and O–H groups in total. The molecule has 0 saturated heterocycles. The second kappa shape index (κ2) is 10.1. The fourth-order valence-electron chi connectivity index (χ4n) is 2.64. The average Bonchev–Trinajstić information content (AvgIpc) is 2.71. The first-order chi connectivity index (χ1) is 14.5. The molecular weight excluding hydrogens is 384 g/mol. The van der Waals surface area contributed by atoms with Crippen molar-refractivity contribution in [3.63, 3.8) is 0 Å². The number of esters is 2. The number of para-hydroxylation sites is 2. The lowest BCUT2D eigenvalue weighted by Crippen LogP contribution is -2.19. The second-order valence-electron chi connectivity index (χ2n) is 6.61. The van der Waals surface area contributed by atoms with E-state index in [1.807, 2.05) is 26.0 Å². The second-order valence-corrected chi connectivity index (χ2v) is 6.61. The number of carbonyl (C=O) groups is 2. The fourth-order valence-corrected chi connectivity index (χ4v) is 2.64. The minimum absolute atomic E-state index is 0.304. The highest BCUT2D eigenvalue weighted by Gasteiger charge is 2.12. The molecule has 0 aliphatic heterocycles. The SMILES string of the molecule is Cc1cccc(OC(=O)COc2ccccc2OCC(=O)Oc2cccc(C)c2)c1. The molecule has 0 amide bonds. The van der Waals surface area contributed by atoms with E-state index >= 15 is 0 Å². The van der Waals surface area contributed by atoms with Crippen LogP contribution < -0.4 is 18.9 Å². The Bertz CT molecular complexity index is 945. The van der Waals surface area contributed by atoms with Crippen LogP contribution in [0.4, 0.5) is 0 Å². The van der Waals surface area contributed by atoms with Crippen molar-refractivity contribution < 1.29 is 28.5 Å². The lowest BCUT2D eigenvalue weighted by Gasteiger charge is -2.12. The van der Waals surface area contributed by atoms with Gasteiger partial charge in [-0.25, -0.2) is 9.59 Å². The Morgan fingerprint density at radius 3 is 1.47 bits per heavy atom. The number of rotatable bonds is 8. The fraction of sp³-hybridized carbons (Fsp3) is 0.167. The third kappa shape index (κ3) is 6.38. The quantitative estimate of drug-likeness (QED) is 0.411. The van der Waals surface area contributed by atoms with Crippen LogP contribution in [0.3, 0.4) is 0 Å². The van der Waals surface area contributed by atoms with Crippen molar-refractivity contribution >= 4 is 11.9 Å². The molecule has 0 aromatic heterocycles. The van der Waals surface area contributed by atoms with Crippen LogP contribution in [0.5, 0.6) is 23.0 Å². The number of hydrogen-bond donors (Lipinski definition) is 0. The molecule has 0 aliphatic rings. The summed E-state index contributed by atoms with van der Waals surface area (Å²) in [4.78, 5) is 24.1. The summed E-state index contributed by atoms with van der Waals surface area (Å²) in [6, 6.07) is 21.1. The van der Waals surface area contributed by atoms with Gasteiger partial charge in [-0.2, -0.15) is 0 Å². The summed E-state index contributed by atoms with van der Waals surface area (Å²) >= 11 is 0. The van der Waals surface area contributed by atoms with Gasteiger partial charge in [0.25, 0.3) is 0 Å². The van der Waals surface area contributed by atoms with Crippen LogP contribution >= 0.6 is 0 Å². The van der Waals surface area contributed by atoms with Crippen LogP contribution in [-0.4, -0.2) is 25.2 Å². The molecule has 6 nitrogen and oxygen atoms in total. The van der Waals surface area contributed by atoms with Crippen molar-refractivity contribution in [3.05, 3.63) is 83.9 Å². The zero-order valence-corrected chi connectivity index (χ0v) is 16.8. The van der Waals surface area contributed by atoms with Crippen LogP contribution in [0.15, 0.2) is 72.8 Å². The topological polar surface area (TPSA) is 71.1 Å². The van der Waals surface area contributed by atoms with Gasteiger partial charge >= 0.3 is 11.9 Å². The molecule has 0 fully saturated rings. The molecule has 30 heavy (non-hydrogen) atoms. The number of carbonyl (C=O) groups excluding carboxylic acids is 2. The van der Waals surface area contributed by atoms with E-state index in [4.69, 9.17) is 18.9 Å². The molecule has 0 radical (unpaired) electrons. The van der Waals surface area contributed by atoms with Gasteiger partial charge in [0, 0.05) is 0 Å². The summed E-state index contributed by atoms with van der Waals surface area (Å²) in [6.45, 7) is 3.21. The van der Waals surface area contributed by atoms with Gasteiger partial charge in [0.1, 0.15) is 11.5 Å². The molecule has 6 heteroatoms. The van der Waals surface area contributed by atoms with Gasteiger partial charge in [-0.1, -0.05) is 36.4 Å². The van der Waals surface area contributed by atoms with Crippen molar-refractivity contribution in [2.24, 2.45) is 0 Å². The molecule has 0 bridgehead atoms. The number of hydrogen-bond acceptors (Lipinski definition) is 6. The molecular formula is C24H22O6. The van der Waals surface area contributed by atoms with Gasteiger partial charge < -0.3 is 18.9 Å². The first-order valence-corrected chi connectivity index (χ1v) is 9.39. The van der Waals surface area contributed by atoms with Gasteiger partial charge in [0.15, 0.2) is 24.7 Å². The van der Waals surface area contributed by atoms with Gasteiger partial charge in [-0.3, -0.25) is 0 Å². The molecule has 3 rings (SSSR count). The van der Waals surface area contributed by atoms with Crippen LogP contribution in [-0.2, 0) is 9.59 Å². The maximum atomic E-state index is 12.0. The molecule has 3 aromatic carbocycles. The van der Waals surface area contributed by atoms with Gasteiger partial charge in [-0.15, -0.1) is 0 Å². The summed E-state index contributed by atoms with van der Waals surface area (Å²) < 4.78 is 21.5. The highest BCUT2D eigenvalue weighted by Crippen LogP contribution is 2.26. The Labute approximate surface area is 175 Å². The first kappa shape index (κ1) is 20.9. The molecule has 0 spiro atoms. The zero-order chi connectivity index (χ0) is 21.3. The molecule has 0 saturated carbocycles. The van der Waals surface area contributed by atoms with Crippen molar-refractivity contribution in [1.82, 2.24) is 0 Å². The van der Waals surface area contributed by atoms with Crippen LogP contribution in [0.2, 0.25) is 0 Å². The van der Waals surface area contributed by atoms with Crippen molar-refractivity contribution in [2.75, 3.05) is 13.2 Å². The summed E-state index contributed by atoms with van der Waals surface area (Å²) in [5.41, 5.74) is 1.97. The van der Waals surface area contributed by atoms with E-state index in [2.05, 4.69) is 0 Å². The maximum Gasteiger partial charge on any atom is 0.349 e. The van der Waals surface area contributed by atoms with Gasteiger partial charge in [-0.05, 0) is 61.4 Å². The minimum Gasteiger partial charge on any atom is -0.478 e. The predicted octanol–water partition coefficient (Wildman–Crippen LogP) is 4.27. The maximum absolute atomic E-state index is 12.0. The number of benzene rings is 3. The minimum atomic E-state index is -0.547. The molecule has 0 unspecified atom stereocenters. The van der Waals surface area contributed by atoms with E-state index in [0.29, 0.717) is 23.0 Å². The molecule has 3 aromatic rings. The predicted molar refractivity (Wildman–Crippen MR) is 111 cm³/mol. The highest BCUT2D eigenvalue weighted by molar-refractivity contribution is 5.75.